The van der Waals surface area contributed by atoms with Crippen LogP contribution in [0.4, 0.5) is 5.69 Å². The lowest BCUT2D eigenvalue weighted by molar-refractivity contribution is 0.244. The fraction of sp³-hybridized carbons (Fsp3) is 0.600. The van der Waals surface area contributed by atoms with Gasteiger partial charge in [0, 0.05) is 17.8 Å². The molecule has 2 N–H and O–H groups in total. The van der Waals surface area contributed by atoms with Gasteiger partial charge in [-0.05, 0) is 57.7 Å². The predicted molar refractivity (Wildman–Crippen MR) is 74.4 cm³/mol. The summed E-state index contributed by atoms with van der Waals surface area (Å²) >= 11 is 0. The minimum Gasteiger partial charge on any atom is -0.366 e. The lowest BCUT2D eigenvalue weighted by Crippen LogP contribution is -2.55. The third-order valence-corrected chi connectivity index (χ3v) is 4.32. The average Bonchev–Trinajstić information content (AvgIpc) is 2.30. The van der Waals surface area contributed by atoms with Crippen LogP contribution in [0, 0.1) is 12.8 Å². The van der Waals surface area contributed by atoms with Gasteiger partial charge in [0.1, 0.15) is 0 Å². The lowest BCUT2D eigenvalue weighted by Gasteiger charge is -2.49. The number of para-hydroxylation sites is 1. The second-order valence-electron chi connectivity index (χ2n) is 5.67. The van der Waals surface area contributed by atoms with Crippen molar-refractivity contribution in [2.24, 2.45) is 11.7 Å². The first-order valence-corrected chi connectivity index (χ1v) is 6.60. The molecule has 1 saturated heterocycles. The van der Waals surface area contributed by atoms with Crippen LogP contribution in [0.1, 0.15) is 32.3 Å². The summed E-state index contributed by atoms with van der Waals surface area (Å²) in [5, 5.41) is 0. The van der Waals surface area contributed by atoms with Gasteiger partial charge in [0.2, 0.25) is 0 Å². The summed E-state index contributed by atoms with van der Waals surface area (Å²) in [6.07, 6.45) is 2.51. The van der Waals surface area contributed by atoms with Crippen LogP contribution >= 0.6 is 0 Å². The molecule has 1 aliphatic heterocycles. The minimum atomic E-state index is 0.166. The van der Waals surface area contributed by atoms with Gasteiger partial charge in [-0.2, -0.15) is 0 Å². The number of benzene rings is 1. The molecule has 0 bridgehead atoms. The van der Waals surface area contributed by atoms with E-state index < -0.39 is 0 Å². The Kier molecular flexibility index (Phi) is 3.43. The Morgan fingerprint density at radius 3 is 2.71 bits per heavy atom. The van der Waals surface area contributed by atoms with Gasteiger partial charge in [-0.25, -0.2) is 0 Å². The molecule has 1 atom stereocenters. The number of piperidine rings is 1. The van der Waals surface area contributed by atoms with Crippen LogP contribution < -0.4 is 10.6 Å². The highest BCUT2D eigenvalue weighted by Crippen LogP contribution is 2.37. The molecule has 1 aliphatic rings. The summed E-state index contributed by atoms with van der Waals surface area (Å²) in [7, 11) is 0. The van der Waals surface area contributed by atoms with Crippen LogP contribution in [0.5, 0.6) is 0 Å². The van der Waals surface area contributed by atoms with Crippen molar-refractivity contribution in [1.82, 2.24) is 0 Å². The number of nitrogens with two attached hydrogens (primary N) is 1. The Balaban J connectivity index is 2.34. The summed E-state index contributed by atoms with van der Waals surface area (Å²) in [5.41, 5.74) is 8.83. The topological polar surface area (TPSA) is 29.3 Å². The molecule has 1 unspecified atom stereocenters. The van der Waals surface area contributed by atoms with E-state index >= 15 is 0 Å². The zero-order valence-corrected chi connectivity index (χ0v) is 11.2. The van der Waals surface area contributed by atoms with Gasteiger partial charge in [-0.15, -0.1) is 0 Å². The first-order chi connectivity index (χ1) is 8.07. The molecule has 1 heterocycles. The predicted octanol–water partition coefficient (Wildman–Crippen LogP) is 2.95. The van der Waals surface area contributed by atoms with E-state index in [0.717, 1.165) is 13.1 Å². The summed E-state index contributed by atoms with van der Waals surface area (Å²) in [5.74, 6) is 0.593. The highest BCUT2D eigenvalue weighted by Gasteiger charge is 2.38. The van der Waals surface area contributed by atoms with E-state index in [4.69, 9.17) is 5.73 Å². The van der Waals surface area contributed by atoms with Gasteiger partial charge in [-0.3, -0.25) is 0 Å². The van der Waals surface area contributed by atoms with Gasteiger partial charge >= 0.3 is 0 Å². The van der Waals surface area contributed by atoms with E-state index in [1.165, 1.54) is 24.1 Å². The number of nitrogens with zero attached hydrogens (tertiary/aromatic N) is 1. The Labute approximate surface area is 105 Å². The molecular weight excluding hydrogens is 208 g/mol. The second kappa shape index (κ2) is 4.69. The second-order valence-corrected chi connectivity index (χ2v) is 5.67. The molecule has 94 valence electrons. The van der Waals surface area contributed by atoms with Crippen LogP contribution in [0.2, 0.25) is 0 Å². The van der Waals surface area contributed by atoms with Crippen molar-refractivity contribution in [3.63, 3.8) is 0 Å². The molecule has 0 aliphatic carbocycles. The molecule has 0 radical (unpaired) electrons. The number of hydrogen-bond donors (Lipinski definition) is 1. The first-order valence-electron chi connectivity index (χ1n) is 6.60. The highest BCUT2D eigenvalue weighted by atomic mass is 15.2. The normalized spacial score (nSPS) is 23.8. The maximum absolute atomic E-state index is 5.93. The Hall–Kier alpha value is -1.02. The number of hydrogen-bond acceptors (Lipinski definition) is 2. The van der Waals surface area contributed by atoms with Crippen molar-refractivity contribution in [3.8, 4) is 0 Å². The third-order valence-electron chi connectivity index (χ3n) is 4.32. The van der Waals surface area contributed by atoms with Gasteiger partial charge in [0.15, 0.2) is 0 Å². The monoisotopic (exact) mass is 232 g/mol. The molecule has 1 aromatic rings. The molecule has 0 saturated carbocycles. The molecular formula is C15H24N2. The molecule has 2 nitrogen and oxygen atoms in total. The molecule has 17 heavy (non-hydrogen) atoms. The Morgan fingerprint density at radius 2 is 2.06 bits per heavy atom. The highest BCUT2D eigenvalue weighted by molar-refractivity contribution is 5.55. The molecule has 0 spiro atoms. The smallest absolute Gasteiger partial charge is 0.0400 e. The Bertz CT molecular complexity index is 384. The fourth-order valence-corrected chi connectivity index (χ4v) is 3.06. The first kappa shape index (κ1) is 12.4. The Morgan fingerprint density at radius 1 is 1.35 bits per heavy atom. The van der Waals surface area contributed by atoms with Gasteiger partial charge < -0.3 is 10.6 Å². The van der Waals surface area contributed by atoms with Crippen molar-refractivity contribution < 1.29 is 0 Å². The van der Waals surface area contributed by atoms with Crippen molar-refractivity contribution in [2.45, 2.75) is 39.2 Å². The van der Waals surface area contributed by atoms with E-state index in [9.17, 15) is 0 Å². The van der Waals surface area contributed by atoms with Crippen LogP contribution in [0.25, 0.3) is 0 Å². The molecule has 2 rings (SSSR count). The van der Waals surface area contributed by atoms with Crippen molar-refractivity contribution >= 4 is 5.69 Å². The summed E-state index contributed by atoms with van der Waals surface area (Å²) in [6.45, 7) is 8.79. The van der Waals surface area contributed by atoms with Gasteiger partial charge in [-0.1, -0.05) is 18.2 Å². The van der Waals surface area contributed by atoms with Crippen LogP contribution in [0.3, 0.4) is 0 Å². The average molecular weight is 232 g/mol. The molecule has 1 fully saturated rings. The fourth-order valence-electron chi connectivity index (χ4n) is 3.06. The maximum atomic E-state index is 5.93. The zero-order chi connectivity index (χ0) is 12.5. The minimum absolute atomic E-state index is 0.166. The number of rotatable bonds is 2. The van der Waals surface area contributed by atoms with Crippen molar-refractivity contribution in [3.05, 3.63) is 29.8 Å². The van der Waals surface area contributed by atoms with E-state index in [1.807, 2.05) is 0 Å². The zero-order valence-electron chi connectivity index (χ0n) is 11.2. The number of aryl methyl sites for hydroxylation is 1. The van der Waals surface area contributed by atoms with Crippen LogP contribution in [-0.4, -0.2) is 18.6 Å². The van der Waals surface area contributed by atoms with E-state index in [1.54, 1.807) is 0 Å². The standard InChI is InChI=1S/C15H24N2/c1-12-7-4-5-9-14(12)17-10-6-8-13(11-16)15(17,2)3/h4-5,7,9,13H,6,8,10-11,16H2,1-3H3. The SMILES string of the molecule is Cc1ccccc1N1CCCC(CN)C1(C)C. The lowest BCUT2D eigenvalue weighted by atomic mass is 9.78. The van der Waals surface area contributed by atoms with Crippen molar-refractivity contribution in [2.75, 3.05) is 18.0 Å². The van der Waals surface area contributed by atoms with E-state index in [-0.39, 0.29) is 5.54 Å². The van der Waals surface area contributed by atoms with Gasteiger partial charge in [0.25, 0.3) is 0 Å². The quantitative estimate of drug-likeness (QED) is 0.849. The molecule has 0 amide bonds. The number of anilines is 1. The molecule has 2 heteroatoms. The third kappa shape index (κ3) is 2.19. The van der Waals surface area contributed by atoms with Crippen molar-refractivity contribution in [1.29, 1.82) is 0 Å². The van der Waals surface area contributed by atoms with Crippen LogP contribution in [0.15, 0.2) is 24.3 Å². The van der Waals surface area contributed by atoms with E-state index in [2.05, 4.69) is 49.9 Å². The van der Waals surface area contributed by atoms with E-state index in [0.29, 0.717) is 5.92 Å². The van der Waals surface area contributed by atoms with Gasteiger partial charge in [0.05, 0.1) is 0 Å². The largest absolute Gasteiger partial charge is 0.366 e. The molecule has 0 aromatic heterocycles. The molecule has 1 aromatic carbocycles. The summed E-state index contributed by atoms with van der Waals surface area (Å²) in [4.78, 5) is 2.54. The maximum Gasteiger partial charge on any atom is 0.0400 e. The summed E-state index contributed by atoms with van der Waals surface area (Å²) in [6, 6.07) is 8.66. The summed E-state index contributed by atoms with van der Waals surface area (Å²) < 4.78 is 0. The van der Waals surface area contributed by atoms with Crippen LogP contribution in [-0.2, 0) is 0 Å².